The maximum atomic E-state index is 13.4. The minimum atomic E-state index is -3.87. The molecule has 13 heteroatoms. The van der Waals surface area contributed by atoms with Gasteiger partial charge in [-0.15, -0.1) is 0 Å². The van der Waals surface area contributed by atoms with Crippen LogP contribution < -0.4 is 16.0 Å². The van der Waals surface area contributed by atoms with E-state index < -0.39 is 32.9 Å². The van der Waals surface area contributed by atoms with Gasteiger partial charge in [-0.25, -0.2) is 22.7 Å². The van der Waals surface area contributed by atoms with Crippen LogP contribution in [-0.4, -0.2) is 57.4 Å². The van der Waals surface area contributed by atoms with Gasteiger partial charge in [0.15, 0.2) is 5.76 Å². The Labute approximate surface area is 199 Å². The van der Waals surface area contributed by atoms with Crippen molar-refractivity contribution in [1.29, 1.82) is 0 Å². The Morgan fingerprint density at radius 1 is 1.23 bits per heavy atom. The first-order valence-corrected chi connectivity index (χ1v) is 12.7. The molecule has 2 aliphatic rings. The minimum Gasteiger partial charge on any atom is -0.465 e. The van der Waals surface area contributed by atoms with E-state index in [4.69, 9.17) is 9.63 Å². The van der Waals surface area contributed by atoms with E-state index in [-0.39, 0.29) is 47.9 Å². The Morgan fingerprint density at radius 2 is 1.94 bits per heavy atom. The van der Waals surface area contributed by atoms with Crippen molar-refractivity contribution >= 4 is 27.0 Å². The minimum absolute atomic E-state index is 0.0665. The molecular formula is C22H25N5O7S. The molecule has 0 radical (unpaired) electrons. The van der Waals surface area contributed by atoms with Crippen LogP contribution in [0.25, 0.3) is 10.9 Å². The van der Waals surface area contributed by atoms with Gasteiger partial charge in [0, 0.05) is 37.2 Å². The van der Waals surface area contributed by atoms with E-state index in [0.717, 1.165) is 17.4 Å². The lowest BCUT2D eigenvalue weighted by atomic mass is 10.0. The number of fused-ring (bicyclic) bond motifs is 1. The number of aryl methyl sites for hydroxylation is 1. The molecule has 0 unspecified atom stereocenters. The monoisotopic (exact) mass is 503 g/mol. The van der Waals surface area contributed by atoms with Gasteiger partial charge in [-0.2, -0.15) is 0 Å². The zero-order valence-electron chi connectivity index (χ0n) is 19.2. The molecule has 0 atom stereocenters. The molecule has 2 fully saturated rings. The van der Waals surface area contributed by atoms with Gasteiger partial charge in [0.1, 0.15) is 0 Å². The third-order valence-corrected chi connectivity index (χ3v) is 8.18. The van der Waals surface area contributed by atoms with Gasteiger partial charge >= 0.3 is 11.8 Å². The quantitative estimate of drug-likeness (QED) is 0.482. The van der Waals surface area contributed by atoms with E-state index >= 15 is 0 Å². The summed E-state index contributed by atoms with van der Waals surface area (Å²) in [6.07, 6.45) is 0.436. The molecule has 0 spiro atoms. The fourth-order valence-corrected chi connectivity index (χ4v) is 5.80. The fraction of sp³-hybridized carbons (Fsp3) is 0.455. The number of sulfonamides is 1. The Bertz CT molecular complexity index is 1560. The molecule has 35 heavy (non-hydrogen) atoms. The first-order chi connectivity index (χ1) is 16.5. The van der Waals surface area contributed by atoms with Crippen LogP contribution in [0, 0.1) is 12.8 Å². The largest absolute Gasteiger partial charge is 0.465 e. The second kappa shape index (κ2) is 8.05. The Hall–Kier alpha value is -3.45. The lowest BCUT2D eigenvalue weighted by Crippen LogP contribution is -2.52. The molecule has 1 saturated carbocycles. The van der Waals surface area contributed by atoms with E-state index in [2.05, 4.69) is 9.88 Å². The molecule has 3 aromatic rings. The molecule has 186 valence electrons. The third kappa shape index (κ3) is 4.36. The molecule has 5 rings (SSSR count). The van der Waals surface area contributed by atoms with Crippen molar-refractivity contribution in [3.05, 3.63) is 56.6 Å². The van der Waals surface area contributed by atoms with E-state index in [1.165, 1.54) is 27.7 Å². The van der Waals surface area contributed by atoms with E-state index in [1.807, 2.05) is 6.92 Å². The number of benzene rings is 1. The Balaban J connectivity index is 1.61. The number of likely N-dealkylation sites (tertiary alicyclic amines) is 1. The lowest BCUT2D eigenvalue weighted by molar-refractivity contribution is 0.0745. The SMILES string of the molecule is Cc1cc(Cn2c(=O)c3cc(S(=O)(=O)NC4(C)CC4)ccc3n(CC3CN(C(=O)O)C3)c2=O)on1. The van der Waals surface area contributed by atoms with Gasteiger partial charge in [0.05, 0.1) is 28.0 Å². The third-order valence-electron chi connectivity index (χ3n) is 6.55. The number of aromatic nitrogens is 3. The van der Waals surface area contributed by atoms with Crippen LogP contribution in [0.1, 0.15) is 31.2 Å². The first kappa shape index (κ1) is 23.3. The zero-order valence-corrected chi connectivity index (χ0v) is 20.0. The van der Waals surface area contributed by atoms with Crippen molar-refractivity contribution in [3.63, 3.8) is 0 Å². The number of hydrogen-bond acceptors (Lipinski definition) is 7. The highest BCUT2D eigenvalue weighted by Gasteiger charge is 2.41. The summed E-state index contributed by atoms with van der Waals surface area (Å²) in [4.78, 5) is 39.1. The van der Waals surface area contributed by atoms with Gasteiger partial charge in [-0.3, -0.25) is 13.9 Å². The molecule has 0 bridgehead atoms. The van der Waals surface area contributed by atoms with Crippen molar-refractivity contribution in [2.75, 3.05) is 13.1 Å². The summed E-state index contributed by atoms with van der Waals surface area (Å²) in [6.45, 7) is 4.06. The Morgan fingerprint density at radius 3 is 2.54 bits per heavy atom. The fourth-order valence-electron chi connectivity index (χ4n) is 4.31. The van der Waals surface area contributed by atoms with Crippen LogP contribution >= 0.6 is 0 Å². The van der Waals surface area contributed by atoms with Crippen LogP contribution in [-0.2, 0) is 23.1 Å². The maximum Gasteiger partial charge on any atom is 0.407 e. The topological polar surface area (TPSA) is 157 Å². The van der Waals surface area contributed by atoms with Gasteiger partial charge in [-0.05, 0) is 44.9 Å². The predicted octanol–water partition coefficient (Wildman–Crippen LogP) is 0.949. The van der Waals surface area contributed by atoms with E-state index in [0.29, 0.717) is 11.5 Å². The highest BCUT2D eigenvalue weighted by Crippen LogP contribution is 2.36. The number of amides is 1. The van der Waals surface area contributed by atoms with Crippen LogP contribution in [0.2, 0.25) is 0 Å². The van der Waals surface area contributed by atoms with Gasteiger partial charge in [0.25, 0.3) is 5.56 Å². The number of nitrogens with zero attached hydrogens (tertiary/aromatic N) is 4. The van der Waals surface area contributed by atoms with Gasteiger partial charge in [-0.1, -0.05) is 5.16 Å². The van der Waals surface area contributed by atoms with Crippen molar-refractivity contribution in [1.82, 2.24) is 23.9 Å². The summed E-state index contributed by atoms with van der Waals surface area (Å²) in [5.74, 6) is 0.186. The molecule has 1 saturated heterocycles. The maximum absolute atomic E-state index is 13.4. The lowest BCUT2D eigenvalue weighted by Gasteiger charge is -2.37. The van der Waals surface area contributed by atoms with Crippen molar-refractivity contribution in [3.8, 4) is 0 Å². The summed E-state index contributed by atoms with van der Waals surface area (Å²) < 4.78 is 36.1. The summed E-state index contributed by atoms with van der Waals surface area (Å²) >= 11 is 0. The first-order valence-electron chi connectivity index (χ1n) is 11.2. The number of nitrogens with one attached hydrogen (secondary N) is 1. The molecule has 1 aliphatic carbocycles. The molecule has 1 amide bonds. The number of rotatable bonds is 7. The average molecular weight is 504 g/mol. The van der Waals surface area contributed by atoms with Crippen LogP contribution in [0.3, 0.4) is 0 Å². The normalized spacial score (nSPS) is 17.5. The summed E-state index contributed by atoms with van der Waals surface area (Å²) in [7, 11) is -3.87. The van der Waals surface area contributed by atoms with Crippen LogP contribution in [0.5, 0.6) is 0 Å². The smallest absolute Gasteiger partial charge is 0.407 e. The van der Waals surface area contributed by atoms with Crippen LogP contribution in [0.15, 0.2) is 43.3 Å². The van der Waals surface area contributed by atoms with Gasteiger partial charge in [0.2, 0.25) is 10.0 Å². The Kier molecular flexibility index (Phi) is 5.36. The number of carbonyl (C=O) groups is 1. The van der Waals surface area contributed by atoms with Crippen molar-refractivity contribution < 1.29 is 22.8 Å². The highest BCUT2D eigenvalue weighted by atomic mass is 32.2. The molecule has 12 nitrogen and oxygen atoms in total. The second-order valence-corrected chi connectivity index (χ2v) is 11.3. The molecule has 3 heterocycles. The molecule has 1 aliphatic heterocycles. The van der Waals surface area contributed by atoms with E-state index in [1.54, 1.807) is 13.0 Å². The molecule has 1 aromatic carbocycles. The van der Waals surface area contributed by atoms with Crippen LogP contribution in [0.4, 0.5) is 4.79 Å². The summed E-state index contributed by atoms with van der Waals surface area (Å²) in [5.41, 5.74) is -0.854. The molecule has 2 aromatic heterocycles. The second-order valence-electron chi connectivity index (χ2n) is 9.62. The van der Waals surface area contributed by atoms with E-state index in [9.17, 15) is 22.8 Å². The van der Waals surface area contributed by atoms with Gasteiger partial charge < -0.3 is 14.5 Å². The summed E-state index contributed by atoms with van der Waals surface area (Å²) in [6, 6.07) is 5.73. The average Bonchev–Trinajstić information content (AvgIpc) is 3.32. The number of hydrogen-bond donors (Lipinski definition) is 2. The molecule has 2 N–H and O–H groups in total. The zero-order chi connectivity index (χ0) is 25.1. The van der Waals surface area contributed by atoms with Crippen molar-refractivity contribution in [2.45, 2.75) is 50.2 Å². The molecular weight excluding hydrogens is 478 g/mol. The number of carboxylic acid groups (broad SMARTS) is 1. The predicted molar refractivity (Wildman–Crippen MR) is 124 cm³/mol. The highest BCUT2D eigenvalue weighted by molar-refractivity contribution is 7.89. The standard InChI is InChI=1S/C22H25N5O7S/c1-13-7-15(34-23-13)12-27-19(28)17-8-16(35(32,33)24-22(2)5-6-22)3-4-18(17)26(20(27)29)11-14-9-25(10-14)21(30)31/h3-4,7-8,14,24H,5-6,9-12H2,1-2H3,(H,30,31). The summed E-state index contributed by atoms with van der Waals surface area (Å²) in [5, 5.41) is 13.0. The van der Waals surface area contributed by atoms with Crippen molar-refractivity contribution in [2.24, 2.45) is 5.92 Å².